The number of para-hydroxylation sites is 1. The van der Waals surface area contributed by atoms with Crippen LogP contribution in [0.4, 0.5) is 0 Å². The summed E-state index contributed by atoms with van der Waals surface area (Å²) in [5, 5.41) is 9.98. The van der Waals surface area contributed by atoms with Gasteiger partial charge < -0.3 is 9.30 Å². The highest BCUT2D eigenvalue weighted by atomic mass is 35.5. The van der Waals surface area contributed by atoms with Gasteiger partial charge in [0.15, 0.2) is 11.0 Å². The van der Waals surface area contributed by atoms with Gasteiger partial charge in [0, 0.05) is 12.8 Å². The molecule has 0 spiro atoms. The van der Waals surface area contributed by atoms with Crippen molar-refractivity contribution >= 4 is 23.4 Å². The molecule has 0 saturated carbocycles. The van der Waals surface area contributed by atoms with E-state index in [1.807, 2.05) is 41.9 Å². The van der Waals surface area contributed by atoms with Crippen molar-refractivity contribution in [3.63, 3.8) is 0 Å². The normalized spacial score (nSPS) is 10.8. The summed E-state index contributed by atoms with van der Waals surface area (Å²) in [7, 11) is 1.96. The molecule has 0 amide bonds. The summed E-state index contributed by atoms with van der Waals surface area (Å²) in [5.41, 5.74) is 1.37. The average Bonchev–Trinajstić information content (AvgIpc) is 2.99. The van der Waals surface area contributed by atoms with Crippen LogP contribution in [0.1, 0.15) is 17.8 Å². The van der Waals surface area contributed by atoms with Gasteiger partial charge in [0.05, 0.1) is 5.02 Å². The van der Waals surface area contributed by atoms with Gasteiger partial charge in [-0.1, -0.05) is 65.8 Å². The molecule has 6 heteroatoms. The molecule has 0 saturated heterocycles. The number of aryl methyl sites for hydroxylation is 1. The lowest BCUT2D eigenvalue weighted by molar-refractivity contribution is 0.290. The Labute approximate surface area is 157 Å². The maximum Gasteiger partial charge on any atom is 0.191 e. The van der Waals surface area contributed by atoms with Crippen LogP contribution in [0.5, 0.6) is 5.75 Å². The molecule has 0 bridgehead atoms. The minimum atomic E-state index is 0.345. The van der Waals surface area contributed by atoms with Crippen LogP contribution >= 0.6 is 23.4 Å². The van der Waals surface area contributed by atoms with Crippen molar-refractivity contribution in [1.82, 2.24) is 14.8 Å². The lowest BCUT2D eigenvalue weighted by Gasteiger charge is -2.07. The van der Waals surface area contributed by atoms with Crippen LogP contribution in [-0.2, 0) is 20.1 Å². The molecule has 0 aliphatic rings. The third-order valence-corrected chi connectivity index (χ3v) is 5.22. The van der Waals surface area contributed by atoms with E-state index in [4.69, 9.17) is 16.3 Å². The van der Waals surface area contributed by atoms with Gasteiger partial charge in [0.25, 0.3) is 0 Å². The van der Waals surface area contributed by atoms with Gasteiger partial charge >= 0.3 is 0 Å². The standard InChI is InChI=1S/C19H20ClN3OS/c1-23-18(14-24-17-12-6-5-11-16(17)20)21-22-19(23)25-13-7-10-15-8-3-2-4-9-15/h2-6,8-9,11-12H,7,10,13-14H2,1H3. The van der Waals surface area contributed by atoms with Crippen molar-refractivity contribution in [2.24, 2.45) is 7.05 Å². The van der Waals surface area contributed by atoms with Crippen molar-refractivity contribution in [2.45, 2.75) is 24.6 Å². The molecule has 1 aromatic heterocycles. The van der Waals surface area contributed by atoms with Gasteiger partial charge in [0.1, 0.15) is 12.4 Å². The van der Waals surface area contributed by atoms with E-state index in [9.17, 15) is 0 Å². The summed E-state index contributed by atoms with van der Waals surface area (Å²) in [5.74, 6) is 2.45. The first-order chi connectivity index (χ1) is 12.2. The Kier molecular flexibility index (Phi) is 6.36. The summed E-state index contributed by atoms with van der Waals surface area (Å²) in [6, 6.07) is 18.0. The fourth-order valence-electron chi connectivity index (χ4n) is 2.38. The number of hydrogen-bond acceptors (Lipinski definition) is 4. The van der Waals surface area contributed by atoms with Crippen LogP contribution in [0.2, 0.25) is 5.02 Å². The third kappa shape index (κ3) is 5.00. The Balaban J connectivity index is 1.48. The van der Waals surface area contributed by atoms with Gasteiger partial charge in [-0.25, -0.2) is 0 Å². The largest absolute Gasteiger partial charge is 0.484 e. The quantitative estimate of drug-likeness (QED) is 0.421. The molecule has 0 radical (unpaired) electrons. The maximum absolute atomic E-state index is 6.10. The van der Waals surface area contributed by atoms with Crippen LogP contribution in [0.15, 0.2) is 59.8 Å². The van der Waals surface area contributed by atoms with Crippen molar-refractivity contribution in [2.75, 3.05) is 5.75 Å². The molecule has 0 N–H and O–H groups in total. The van der Waals surface area contributed by atoms with E-state index in [0.29, 0.717) is 17.4 Å². The fraction of sp³-hybridized carbons (Fsp3) is 0.263. The van der Waals surface area contributed by atoms with E-state index in [-0.39, 0.29) is 0 Å². The number of benzene rings is 2. The second kappa shape index (κ2) is 8.92. The maximum atomic E-state index is 6.10. The molecule has 3 aromatic rings. The lowest BCUT2D eigenvalue weighted by Crippen LogP contribution is -2.04. The summed E-state index contributed by atoms with van der Waals surface area (Å²) >= 11 is 7.82. The number of thioether (sulfide) groups is 1. The summed E-state index contributed by atoms with van der Waals surface area (Å²) < 4.78 is 7.71. The number of halogens is 1. The number of nitrogens with zero attached hydrogens (tertiary/aromatic N) is 3. The van der Waals surface area contributed by atoms with Crippen LogP contribution < -0.4 is 4.74 Å². The first-order valence-corrected chi connectivity index (χ1v) is 9.52. The summed E-state index contributed by atoms with van der Waals surface area (Å²) in [4.78, 5) is 0. The predicted molar refractivity (Wildman–Crippen MR) is 102 cm³/mol. The highest BCUT2D eigenvalue weighted by molar-refractivity contribution is 7.99. The van der Waals surface area contributed by atoms with Gasteiger partial charge in [0.2, 0.25) is 0 Å². The van der Waals surface area contributed by atoms with E-state index in [1.165, 1.54) is 5.56 Å². The van der Waals surface area contributed by atoms with Gasteiger partial charge in [-0.3, -0.25) is 0 Å². The number of aromatic nitrogens is 3. The molecule has 3 rings (SSSR count). The predicted octanol–water partition coefficient (Wildman–Crippen LogP) is 4.77. The smallest absolute Gasteiger partial charge is 0.191 e. The van der Waals surface area contributed by atoms with E-state index >= 15 is 0 Å². The topological polar surface area (TPSA) is 39.9 Å². The fourth-order valence-corrected chi connectivity index (χ4v) is 3.44. The van der Waals surface area contributed by atoms with E-state index in [1.54, 1.807) is 11.8 Å². The van der Waals surface area contributed by atoms with E-state index < -0.39 is 0 Å². The molecule has 0 atom stereocenters. The molecule has 4 nitrogen and oxygen atoms in total. The molecular weight excluding hydrogens is 354 g/mol. The number of rotatable bonds is 8. The molecule has 2 aromatic carbocycles. The van der Waals surface area contributed by atoms with E-state index in [2.05, 4.69) is 34.5 Å². The monoisotopic (exact) mass is 373 g/mol. The molecule has 0 unspecified atom stereocenters. The molecule has 25 heavy (non-hydrogen) atoms. The minimum Gasteiger partial charge on any atom is -0.484 e. The SMILES string of the molecule is Cn1c(COc2ccccc2Cl)nnc1SCCCc1ccccc1. The summed E-state index contributed by atoms with van der Waals surface area (Å²) in [6.45, 7) is 0.345. The van der Waals surface area contributed by atoms with Crippen molar-refractivity contribution < 1.29 is 4.74 Å². The van der Waals surface area contributed by atoms with Gasteiger partial charge in [-0.15, -0.1) is 10.2 Å². The van der Waals surface area contributed by atoms with Crippen LogP contribution in [0.3, 0.4) is 0 Å². The molecule has 0 aliphatic heterocycles. The number of ether oxygens (including phenoxy) is 1. The Hall–Kier alpha value is -1.98. The Morgan fingerprint density at radius 2 is 1.80 bits per heavy atom. The van der Waals surface area contributed by atoms with Crippen LogP contribution in [0, 0.1) is 0 Å². The third-order valence-electron chi connectivity index (χ3n) is 3.80. The summed E-state index contributed by atoms with van der Waals surface area (Å²) in [6.07, 6.45) is 2.18. The minimum absolute atomic E-state index is 0.345. The van der Waals surface area contributed by atoms with Crippen molar-refractivity contribution in [1.29, 1.82) is 0 Å². The zero-order valence-electron chi connectivity index (χ0n) is 14.1. The molecule has 1 heterocycles. The van der Waals surface area contributed by atoms with Gasteiger partial charge in [-0.2, -0.15) is 0 Å². The molecule has 0 fully saturated rings. The zero-order chi connectivity index (χ0) is 17.5. The molecule has 130 valence electrons. The molecular formula is C19H20ClN3OS. The highest BCUT2D eigenvalue weighted by Crippen LogP contribution is 2.24. The van der Waals surface area contributed by atoms with Gasteiger partial charge in [-0.05, 0) is 30.5 Å². The average molecular weight is 374 g/mol. The van der Waals surface area contributed by atoms with Crippen molar-refractivity contribution in [3.05, 3.63) is 71.0 Å². The second-order valence-corrected chi connectivity index (χ2v) is 7.08. The lowest BCUT2D eigenvalue weighted by atomic mass is 10.1. The second-order valence-electron chi connectivity index (χ2n) is 5.61. The first kappa shape index (κ1) is 17.8. The molecule has 0 aliphatic carbocycles. The van der Waals surface area contributed by atoms with Crippen LogP contribution in [0.25, 0.3) is 0 Å². The van der Waals surface area contributed by atoms with Crippen LogP contribution in [-0.4, -0.2) is 20.5 Å². The highest BCUT2D eigenvalue weighted by Gasteiger charge is 2.10. The Bertz CT molecular complexity index is 807. The zero-order valence-corrected chi connectivity index (χ0v) is 15.6. The Morgan fingerprint density at radius 1 is 1.04 bits per heavy atom. The number of hydrogen-bond donors (Lipinski definition) is 0. The van der Waals surface area contributed by atoms with Crippen molar-refractivity contribution in [3.8, 4) is 5.75 Å². The Morgan fingerprint density at radius 3 is 2.60 bits per heavy atom. The van der Waals surface area contributed by atoms with E-state index in [0.717, 1.165) is 29.6 Å². The first-order valence-electron chi connectivity index (χ1n) is 8.16.